The van der Waals surface area contributed by atoms with Gasteiger partial charge in [0, 0.05) is 33.0 Å². The molecule has 8 nitrogen and oxygen atoms in total. The largest absolute Gasteiger partial charge is 0.416 e. The molecule has 0 radical (unpaired) electrons. The van der Waals surface area contributed by atoms with Gasteiger partial charge in [-0.1, -0.05) is 17.7 Å². The highest BCUT2D eigenvalue weighted by Crippen LogP contribution is 2.39. The third kappa shape index (κ3) is 5.80. The number of alkyl halides is 3. The second-order valence-corrected chi connectivity index (χ2v) is 9.96. The number of amides is 2. The van der Waals surface area contributed by atoms with Crippen LogP contribution in [0.25, 0.3) is 16.8 Å². The Hall–Kier alpha value is -5.35. The summed E-state index contributed by atoms with van der Waals surface area (Å²) in [7, 11) is 0. The molecule has 2 amide bonds. The van der Waals surface area contributed by atoms with Crippen LogP contribution in [0.15, 0.2) is 67.0 Å². The van der Waals surface area contributed by atoms with Gasteiger partial charge in [0.1, 0.15) is 24.0 Å². The topological polar surface area (TPSA) is 112 Å². The van der Waals surface area contributed by atoms with Crippen molar-refractivity contribution in [2.45, 2.75) is 19.1 Å². The molecule has 0 aliphatic carbocycles. The second kappa shape index (κ2) is 11.7. The van der Waals surface area contributed by atoms with E-state index in [0.29, 0.717) is 40.9 Å². The first-order valence-corrected chi connectivity index (χ1v) is 13.0. The number of carbonyl (C=O) groups excluding carboxylic acids is 2. The van der Waals surface area contributed by atoms with Gasteiger partial charge in [-0.2, -0.15) is 23.5 Å². The predicted molar refractivity (Wildman–Crippen MR) is 150 cm³/mol. The van der Waals surface area contributed by atoms with Gasteiger partial charge in [-0.25, -0.2) is 18.3 Å². The number of hydrogen-bond donors (Lipinski definition) is 2. The average molecular weight is 625 g/mol. The molecular weight excluding hydrogens is 607 g/mol. The van der Waals surface area contributed by atoms with Gasteiger partial charge in [0.2, 0.25) is 6.41 Å². The van der Waals surface area contributed by atoms with Crippen molar-refractivity contribution in [1.82, 2.24) is 19.9 Å². The number of anilines is 1. The van der Waals surface area contributed by atoms with Gasteiger partial charge < -0.3 is 10.6 Å². The number of aryl methyl sites for hydroxylation is 1. The fraction of sp³-hybridized carbons (Fsp3) is 0.100. The van der Waals surface area contributed by atoms with E-state index in [1.807, 2.05) is 0 Å². The number of halogens is 6. The van der Waals surface area contributed by atoms with Gasteiger partial charge in [-0.3, -0.25) is 9.59 Å². The SMILES string of the molecule is Cc1cc(-c2ccc3ncnn3c2C#N)cc(NC(=O)c2cc(F)cc(C(F)(F)F)c2)c1C(NC=O)c1cc(F)ccc1Cl. The standard InChI is InChI=1S/C30H18ClF5N6O2/c1-15-6-16(21-3-5-26-38-13-40-42(26)25(21)12-37)9-24(27(15)28(39-14-43)22-11-19(32)2-4-23(22)31)41-29(44)17-7-18(30(34,35)36)10-20(33)8-17/h2-11,13-14,28H,1H3,(H,39,43)(H,41,44). The van der Waals surface area contributed by atoms with Crippen molar-refractivity contribution in [2.75, 3.05) is 5.32 Å². The van der Waals surface area contributed by atoms with Crippen molar-refractivity contribution in [3.63, 3.8) is 0 Å². The van der Waals surface area contributed by atoms with Gasteiger partial charge >= 0.3 is 6.18 Å². The van der Waals surface area contributed by atoms with Crippen molar-refractivity contribution in [3.05, 3.63) is 117 Å². The van der Waals surface area contributed by atoms with E-state index in [0.717, 1.165) is 12.1 Å². The van der Waals surface area contributed by atoms with Crippen LogP contribution >= 0.6 is 11.6 Å². The molecule has 5 aromatic rings. The summed E-state index contributed by atoms with van der Waals surface area (Å²) >= 11 is 6.36. The highest BCUT2D eigenvalue weighted by Gasteiger charge is 2.32. The molecule has 0 aliphatic heterocycles. The van der Waals surface area contributed by atoms with E-state index in [4.69, 9.17) is 11.6 Å². The number of carbonyl (C=O) groups is 2. The molecule has 3 aromatic carbocycles. The Bertz CT molecular complexity index is 1990. The summed E-state index contributed by atoms with van der Waals surface area (Å²) in [6.07, 6.45) is -3.34. The van der Waals surface area contributed by atoms with Crippen LogP contribution in [0.3, 0.4) is 0 Å². The highest BCUT2D eigenvalue weighted by atomic mass is 35.5. The van der Waals surface area contributed by atoms with Gasteiger partial charge in [0.15, 0.2) is 11.3 Å². The summed E-state index contributed by atoms with van der Waals surface area (Å²) in [5.41, 5.74) is -0.191. The van der Waals surface area contributed by atoms with Crippen molar-refractivity contribution < 1.29 is 31.5 Å². The maximum atomic E-state index is 14.3. The van der Waals surface area contributed by atoms with Crippen molar-refractivity contribution >= 4 is 35.3 Å². The number of aromatic nitrogens is 3. The number of benzene rings is 3. The van der Waals surface area contributed by atoms with E-state index in [1.165, 1.54) is 23.0 Å². The zero-order valence-corrected chi connectivity index (χ0v) is 23.1. The smallest absolute Gasteiger partial charge is 0.348 e. The number of fused-ring (bicyclic) bond motifs is 1. The summed E-state index contributed by atoms with van der Waals surface area (Å²) < 4.78 is 69.9. The van der Waals surface area contributed by atoms with Gasteiger partial charge in [0.25, 0.3) is 5.91 Å². The van der Waals surface area contributed by atoms with E-state index >= 15 is 0 Å². The summed E-state index contributed by atoms with van der Waals surface area (Å²) in [6.45, 7) is 1.60. The minimum absolute atomic E-state index is 0.0509. The molecule has 0 fully saturated rings. The van der Waals surface area contributed by atoms with E-state index in [9.17, 15) is 36.8 Å². The minimum Gasteiger partial charge on any atom is -0.348 e. The summed E-state index contributed by atoms with van der Waals surface area (Å²) in [6, 6.07) is 12.0. The molecule has 2 heterocycles. The lowest BCUT2D eigenvalue weighted by molar-refractivity contribution is -0.137. The van der Waals surface area contributed by atoms with Crippen LogP contribution in [0.4, 0.5) is 27.6 Å². The number of hydrogen-bond acceptors (Lipinski definition) is 5. The molecule has 0 saturated heterocycles. The lowest BCUT2D eigenvalue weighted by Gasteiger charge is -2.25. The molecule has 0 spiro atoms. The molecule has 0 saturated carbocycles. The van der Waals surface area contributed by atoms with Crippen molar-refractivity contribution in [1.29, 1.82) is 5.26 Å². The Morgan fingerprint density at radius 3 is 2.55 bits per heavy atom. The molecule has 222 valence electrons. The minimum atomic E-state index is -4.93. The Balaban J connectivity index is 1.73. The predicted octanol–water partition coefficient (Wildman–Crippen LogP) is 6.61. The van der Waals surface area contributed by atoms with Crippen LogP contribution in [-0.2, 0) is 11.0 Å². The molecular formula is C30H18ClF5N6O2. The van der Waals surface area contributed by atoms with Crippen LogP contribution in [0, 0.1) is 29.9 Å². The van der Waals surface area contributed by atoms with Crippen LogP contribution < -0.4 is 10.6 Å². The zero-order valence-electron chi connectivity index (χ0n) is 22.4. The number of pyridine rings is 1. The summed E-state index contributed by atoms with van der Waals surface area (Å²) in [5, 5.41) is 19.1. The molecule has 0 bridgehead atoms. The first-order valence-electron chi connectivity index (χ1n) is 12.6. The number of rotatable bonds is 7. The quantitative estimate of drug-likeness (QED) is 0.156. The fourth-order valence-corrected chi connectivity index (χ4v) is 5.11. The molecule has 1 unspecified atom stereocenters. The van der Waals surface area contributed by atoms with E-state index in [2.05, 4.69) is 26.8 Å². The lowest BCUT2D eigenvalue weighted by Crippen LogP contribution is -2.25. The van der Waals surface area contributed by atoms with Gasteiger partial charge in [-0.15, -0.1) is 0 Å². The Kier molecular flexibility index (Phi) is 8.03. The van der Waals surface area contributed by atoms with Crippen molar-refractivity contribution in [3.8, 4) is 17.2 Å². The molecule has 44 heavy (non-hydrogen) atoms. The number of nitrogens with zero attached hydrogens (tertiary/aromatic N) is 4. The van der Waals surface area contributed by atoms with E-state index < -0.39 is 40.9 Å². The number of nitriles is 1. The maximum absolute atomic E-state index is 14.3. The Morgan fingerprint density at radius 2 is 1.84 bits per heavy atom. The number of nitrogens with one attached hydrogen (secondary N) is 2. The van der Waals surface area contributed by atoms with Crippen LogP contribution in [-0.4, -0.2) is 26.9 Å². The van der Waals surface area contributed by atoms with Gasteiger partial charge in [0.05, 0.1) is 11.6 Å². The second-order valence-electron chi connectivity index (χ2n) is 9.56. The highest BCUT2D eigenvalue weighted by molar-refractivity contribution is 6.31. The van der Waals surface area contributed by atoms with Crippen LogP contribution in [0.1, 0.15) is 44.3 Å². The van der Waals surface area contributed by atoms with Crippen LogP contribution in [0.5, 0.6) is 0 Å². The monoisotopic (exact) mass is 624 g/mol. The lowest BCUT2D eigenvalue weighted by atomic mass is 9.89. The third-order valence-corrected chi connectivity index (χ3v) is 7.12. The summed E-state index contributed by atoms with van der Waals surface area (Å²) in [5.74, 6) is -3.08. The first kappa shape index (κ1) is 30.1. The van der Waals surface area contributed by atoms with Gasteiger partial charge in [-0.05, 0) is 72.6 Å². The van der Waals surface area contributed by atoms with E-state index in [-0.39, 0.29) is 33.6 Å². The average Bonchev–Trinajstić information content (AvgIpc) is 3.45. The Labute approximate surface area is 250 Å². The van der Waals surface area contributed by atoms with Crippen molar-refractivity contribution in [2.24, 2.45) is 0 Å². The third-order valence-electron chi connectivity index (χ3n) is 6.77. The molecule has 2 aromatic heterocycles. The Morgan fingerprint density at radius 1 is 1.07 bits per heavy atom. The van der Waals surface area contributed by atoms with E-state index in [1.54, 1.807) is 25.1 Å². The zero-order chi connectivity index (χ0) is 31.8. The maximum Gasteiger partial charge on any atom is 0.416 e. The normalized spacial score (nSPS) is 12.0. The molecule has 5 rings (SSSR count). The molecule has 14 heteroatoms. The molecule has 1 atom stereocenters. The molecule has 2 N–H and O–H groups in total. The fourth-order valence-electron chi connectivity index (χ4n) is 4.88. The molecule has 0 aliphatic rings. The summed E-state index contributed by atoms with van der Waals surface area (Å²) in [4.78, 5) is 29.1. The first-order chi connectivity index (χ1) is 20.9. The van der Waals surface area contributed by atoms with Crippen LogP contribution in [0.2, 0.25) is 5.02 Å².